The molecule has 2 heterocycles. The molecule has 0 bridgehead atoms. The van der Waals surface area contributed by atoms with Crippen LogP contribution in [0.5, 0.6) is 5.75 Å². The number of carbonyl (C=O) groups excluding carboxylic acids is 1. The number of nitro benzene ring substituents is 1. The van der Waals surface area contributed by atoms with Crippen LogP contribution in [-0.4, -0.2) is 54.8 Å². The van der Waals surface area contributed by atoms with Crippen LogP contribution in [0, 0.1) is 10.1 Å². The number of aromatic nitrogens is 1. The van der Waals surface area contributed by atoms with E-state index in [-0.39, 0.29) is 36.0 Å². The molecule has 3 aromatic rings. The number of para-hydroxylation sites is 2. The number of methoxy groups -OCH3 is 1. The molecule has 1 saturated heterocycles. The van der Waals surface area contributed by atoms with Crippen molar-refractivity contribution in [1.29, 1.82) is 0 Å². The summed E-state index contributed by atoms with van der Waals surface area (Å²) < 4.78 is 38.7. The predicted octanol–water partition coefficient (Wildman–Crippen LogP) is 1.48. The molecule has 2 aromatic carbocycles. The first kappa shape index (κ1) is 20.8. The van der Waals surface area contributed by atoms with Crippen molar-refractivity contribution < 1.29 is 27.3 Å². The molecule has 1 amide bonds. The number of hydrogen-bond acceptors (Lipinski definition) is 8. The number of oxazole rings is 1. The van der Waals surface area contributed by atoms with Gasteiger partial charge in [-0.25, -0.2) is 13.4 Å². The van der Waals surface area contributed by atoms with Gasteiger partial charge in [0.15, 0.2) is 11.5 Å². The fourth-order valence-corrected chi connectivity index (χ4v) is 5.22. The number of ether oxygens (including phenoxy) is 1. The van der Waals surface area contributed by atoms with Crippen LogP contribution in [0.25, 0.3) is 11.1 Å². The van der Waals surface area contributed by atoms with Gasteiger partial charge in [-0.3, -0.25) is 14.9 Å². The molecule has 0 spiro atoms. The highest BCUT2D eigenvalue weighted by Crippen LogP contribution is 2.32. The number of non-ortho nitro benzene ring substituents is 1. The minimum Gasteiger partial charge on any atom is -0.495 e. The van der Waals surface area contributed by atoms with Crippen LogP contribution >= 0.6 is 0 Å². The van der Waals surface area contributed by atoms with E-state index in [1.165, 1.54) is 13.2 Å². The van der Waals surface area contributed by atoms with Gasteiger partial charge in [0.2, 0.25) is 15.9 Å². The Kier molecular flexibility index (Phi) is 5.33. The summed E-state index contributed by atoms with van der Waals surface area (Å²) in [5, 5.41) is 13.8. The lowest BCUT2D eigenvalue weighted by molar-refractivity contribution is -0.385. The lowest BCUT2D eigenvalue weighted by Gasteiger charge is -2.33. The first-order chi connectivity index (χ1) is 14.8. The first-order valence-electron chi connectivity index (χ1n) is 9.27. The van der Waals surface area contributed by atoms with E-state index in [0.717, 1.165) is 16.4 Å². The quantitative estimate of drug-likeness (QED) is 0.443. The van der Waals surface area contributed by atoms with E-state index < -0.39 is 32.6 Å². The van der Waals surface area contributed by atoms with Crippen LogP contribution in [0.4, 0.5) is 5.69 Å². The summed E-state index contributed by atoms with van der Waals surface area (Å²) in [5.41, 5.74) is 0.697. The Bertz CT molecular complexity index is 1240. The number of amides is 1. The number of nitrogens with zero attached hydrogens (tertiary/aromatic N) is 3. The standard InChI is InChI=1S/C19H18N4O7S/c1-29-16-7-6-12(23(25)26)10-17(16)31(27,28)22-9-8-20-19(24)14(22)11-18-21-13-4-2-3-5-15(13)30-18/h2-7,10,14H,8-9,11H2,1H3,(H,20,24). The second-order valence-corrected chi connectivity index (χ2v) is 8.65. The first-order valence-corrected chi connectivity index (χ1v) is 10.7. The summed E-state index contributed by atoms with van der Waals surface area (Å²) in [6, 6.07) is 9.17. The fourth-order valence-electron chi connectivity index (χ4n) is 3.46. The topological polar surface area (TPSA) is 145 Å². The van der Waals surface area contributed by atoms with Gasteiger partial charge in [-0.15, -0.1) is 0 Å². The summed E-state index contributed by atoms with van der Waals surface area (Å²) in [7, 11) is -3.06. The molecule has 1 aliphatic rings. The molecule has 11 nitrogen and oxygen atoms in total. The van der Waals surface area contributed by atoms with Crippen molar-refractivity contribution >= 4 is 32.7 Å². The number of sulfonamides is 1. The maximum atomic E-state index is 13.5. The fraction of sp³-hybridized carbons (Fsp3) is 0.263. The Morgan fingerprint density at radius 3 is 2.81 bits per heavy atom. The van der Waals surface area contributed by atoms with Gasteiger partial charge in [0, 0.05) is 31.6 Å². The number of rotatable bonds is 6. The van der Waals surface area contributed by atoms with Crippen LogP contribution in [0.15, 0.2) is 51.8 Å². The number of benzene rings is 2. The third-order valence-electron chi connectivity index (χ3n) is 4.93. The van der Waals surface area contributed by atoms with Crippen molar-refractivity contribution in [2.75, 3.05) is 20.2 Å². The molecule has 1 atom stereocenters. The molecule has 1 aromatic heterocycles. The summed E-state index contributed by atoms with van der Waals surface area (Å²) in [4.78, 5) is 27.0. The molecule has 1 aliphatic heterocycles. The summed E-state index contributed by atoms with van der Waals surface area (Å²) in [6.07, 6.45) is -0.100. The van der Waals surface area contributed by atoms with E-state index in [0.29, 0.717) is 11.1 Å². The van der Waals surface area contributed by atoms with Crippen molar-refractivity contribution in [3.8, 4) is 5.75 Å². The Balaban J connectivity index is 1.74. The van der Waals surface area contributed by atoms with Crippen molar-refractivity contribution in [3.63, 3.8) is 0 Å². The summed E-state index contributed by atoms with van der Waals surface area (Å²) >= 11 is 0. The van der Waals surface area contributed by atoms with Crippen LogP contribution < -0.4 is 10.1 Å². The number of nitro groups is 1. The normalized spacial score (nSPS) is 17.5. The van der Waals surface area contributed by atoms with Crippen LogP contribution in [-0.2, 0) is 21.2 Å². The average molecular weight is 446 g/mol. The lowest BCUT2D eigenvalue weighted by atomic mass is 10.1. The Morgan fingerprint density at radius 1 is 1.32 bits per heavy atom. The Hall–Kier alpha value is -3.51. The zero-order chi connectivity index (χ0) is 22.2. The van der Waals surface area contributed by atoms with Crippen molar-refractivity contribution in [1.82, 2.24) is 14.6 Å². The van der Waals surface area contributed by atoms with Gasteiger partial charge >= 0.3 is 0 Å². The van der Waals surface area contributed by atoms with E-state index >= 15 is 0 Å². The Morgan fingerprint density at radius 2 is 2.10 bits per heavy atom. The van der Waals surface area contributed by atoms with Crippen LogP contribution in [0.1, 0.15) is 5.89 Å². The molecule has 31 heavy (non-hydrogen) atoms. The van der Waals surface area contributed by atoms with Crippen molar-refractivity contribution in [2.45, 2.75) is 17.4 Å². The van der Waals surface area contributed by atoms with E-state index in [2.05, 4.69) is 10.3 Å². The molecule has 162 valence electrons. The molecular weight excluding hydrogens is 428 g/mol. The van der Waals surface area contributed by atoms with Gasteiger partial charge in [0.1, 0.15) is 22.2 Å². The second-order valence-electron chi connectivity index (χ2n) is 6.79. The van der Waals surface area contributed by atoms with Crippen molar-refractivity contribution in [2.24, 2.45) is 0 Å². The lowest BCUT2D eigenvalue weighted by Crippen LogP contribution is -2.57. The highest BCUT2D eigenvalue weighted by Gasteiger charge is 2.41. The average Bonchev–Trinajstić information content (AvgIpc) is 3.17. The molecule has 4 rings (SSSR count). The molecule has 0 radical (unpaired) electrons. The zero-order valence-electron chi connectivity index (χ0n) is 16.3. The van der Waals surface area contributed by atoms with Crippen molar-refractivity contribution in [3.05, 3.63) is 58.5 Å². The summed E-state index contributed by atoms with van der Waals surface area (Å²) in [6.45, 7) is 0.0736. The van der Waals surface area contributed by atoms with Gasteiger partial charge in [-0.1, -0.05) is 12.1 Å². The predicted molar refractivity (Wildman–Crippen MR) is 108 cm³/mol. The molecule has 1 N–H and O–H groups in total. The molecule has 1 unspecified atom stereocenters. The molecule has 0 saturated carbocycles. The van der Waals surface area contributed by atoms with Gasteiger partial charge in [-0.2, -0.15) is 4.31 Å². The SMILES string of the molecule is COc1ccc([N+](=O)[O-])cc1S(=O)(=O)N1CCNC(=O)C1Cc1nc2ccccc2o1. The molecule has 12 heteroatoms. The number of fused-ring (bicyclic) bond motifs is 1. The van der Waals surface area contributed by atoms with Gasteiger partial charge < -0.3 is 14.5 Å². The van der Waals surface area contributed by atoms with Gasteiger partial charge in [0.25, 0.3) is 5.69 Å². The molecule has 0 aliphatic carbocycles. The largest absolute Gasteiger partial charge is 0.495 e. The minimum atomic E-state index is -4.32. The minimum absolute atomic E-state index is 0.0230. The maximum absolute atomic E-state index is 13.5. The molecular formula is C19H18N4O7S. The van der Waals surface area contributed by atoms with E-state index in [9.17, 15) is 23.3 Å². The Labute approximate surface area is 176 Å². The number of piperazine rings is 1. The van der Waals surface area contributed by atoms with E-state index in [1.54, 1.807) is 24.3 Å². The monoisotopic (exact) mass is 446 g/mol. The number of nitrogens with one attached hydrogen (secondary N) is 1. The zero-order valence-corrected chi connectivity index (χ0v) is 17.2. The number of hydrogen-bond donors (Lipinski definition) is 1. The maximum Gasteiger partial charge on any atom is 0.271 e. The van der Waals surface area contributed by atoms with Crippen LogP contribution in [0.3, 0.4) is 0 Å². The highest BCUT2D eigenvalue weighted by atomic mass is 32.2. The summed E-state index contributed by atoms with van der Waals surface area (Å²) in [5.74, 6) is -0.367. The third kappa shape index (κ3) is 3.82. The van der Waals surface area contributed by atoms with Gasteiger partial charge in [0.05, 0.1) is 12.0 Å². The smallest absolute Gasteiger partial charge is 0.271 e. The van der Waals surface area contributed by atoms with E-state index in [1.807, 2.05) is 0 Å². The third-order valence-corrected chi connectivity index (χ3v) is 6.86. The highest BCUT2D eigenvalue weighted by molar-refractivity contribution is 7.89. The second kappa shape index (κ2) is 7.96. The molecule has 1 fully saturated rings. The van der Waals surface area contributed by atoms with Crippen LogP contribution in [0.2, 0.25) is 0 Å². The number of carbonyl (C=O) groups is 1. The van der Waals surface area contributed by atoms with Gasteiger partial charge in [-0.05, 0) is 18.2 Å². The van der Waals surface area contributed by atoms with E-state index in [4.69, 9.17) is 9.15 Å².